The normalized spacial score (nSPS) is 11.6. The zero-order valence-electron chi connectivity index (χ0n) is 16.1. The zero-order valence-corrected chi connectivity index (χ0v) is 17.7. The maximum Gasteiger partial charge on any atom is 0.0913 e. The second-order valence-electron chi connectivity index (χ2n) is 7.39. The zero-order chi connectivity index (χ0) is 16.8. The molecule has 24 heavy (non-hydrogen) atoms. The topological polar surface area (TPSA) is 0 Å². The van der Waals surface area contributed by atoms with Crippen molar-refractivity contribution in [2.24, 2.45) is 0 Å². The van der Waals surface area contributed by atoms with E-state index in [1.807, 2.05) is 0 Å². The summed E-state index contributed by atoms with van der Waals surface area (Å²) in [5.41, 5.74) is 1.47. The lowest BCUT2D eigenvalue weighted by molar-refractivity contribution is -0.839. The van der Waals surface area contributed by atoms with Crippen LogP contribution in [0.2, 0.25) is 0 Å². The van der Waals surface area contributed by atoms with Crippen LogP contribution in [0.1, 0.15) is 70.3 Å². The fourth-order valence-corrected chi connectivity index (χ4v) is 2.97. The van der Waals surface area contributed by atoms with Crippen LogP contribution in [0.15, 0.2) is 42.6 Å². The van der Waals surface area contributed by atoms with Crippen LogP contribution in [-0.4, -0.2) is 25.1 Å². The lowest BCUT2D eigenvalue weighted by atomic mass is 10.1. The van der Waals surface area contributed by atoms with E-state index >= 15 is 0 Å². The monoisotopic (exact) mass is 395 g/mol. The lowest BCUT2D eigenvalue weighted by Crippen LogP contribution is -3.00. The van der Waals surface area contributed by atoms with E-state index in [9.17, 15) is 0 Å². The number of aryl methyl sites for hydroxylation is 1. The van der Waals surface area contributed by atoms with Gasteiger partial charge in [-0.25, -0.2) is 0 Å². The van der Waals surface area contributed by atoms with Gasteiger partial charge in [-0.1, -0.05) is 69.4 Å². The Morgan fingerprint density at radius 3 is 2.21 bits per heavy atom. The van der Waals surface area contributed by atoms with Gasteiger partial charge in [0.05, 0.1) is 26.8 Å². The van der Waals surface area contributed by atoms with E-state index < -0.39 is 0 Å². The van der Waals surface area contributed by atoms with E-state index in [0.29, 0.717) is 0 Å². The highest BCUT2D eigenvalue weighted by atomic mass is 79.9. The molecule has 0 radical (unpaired) electrons. The van der Waals surface area contributed by atoms with E-state index in [0.717, 1.165) is 4.48 Å². The summed E-state index contributed by atoms with van der Waals surface area (Å²) in [5.74, 6) is 0. The molecule has 0 aliphatic rings. The van der Waals surface area contributed by atoms with Gasteiger partial charge in [-0.05, 0) is 43.7 Å². The molecule has 0 aliphatic carbocycles. The Morgan fingerprint density at radius 2 is 1.50 bits per heavy atom. The average molecular weight is 396 g/mol. The summed E-state index contributed by atoms with van der Waals surface area (Å²) < 4.78 is 1.02. The van der Waals surface area contributed by atoms with Crippen molar-refractivity contribution in [2.75, 3.05) is 20.6 Å². The van der Waals surface area contributed by atoms with Gasteiger partial charge in [0.25, 0.3) is 0 Å². The van der Waals surface area contributed by atoms with Crippen molar-refractivity contribution in [3.63, 3.8) is 0 Å². The van der Waals surface area contributed by atoms with Crippen LogP contribution >= 0.6 is 0 Å². The van der Waals surface area contributed by atoms with Crippen LogP contribution < -0.4 is 17.0 Å². The first-order valence-electron chi connectivity index (χ1n) is 9.68. The SMILES string of the molecule is CCCCCCCCC=C[N+](C)(C)CCCCc1ccccc1.[Br-]. The minimum Gasteiger partial charge on any atom is -1.00 e. The largest absolute Gasteiger partial charge is 1.00 e. The highest BCUT2D eigenvalue weighted by molar-refractivity contribution is 5.14. The summed E-state index contributed by atoms with van der Waals surface area (Å²) in [7, 11) is 4.64. The van der Waals surface area contributed by atoms with Gasteiger partial charge in [-0.15, -0.1) is 0 Å². The van der Waals surface area contributed by atoms with Gasteiger partial charge in [0.1, 0.15) is 0 Å². The number of allylic oxidation sites excluding steroid dienone is 1. The summed E-state index contributed by atoms with van der Waals surface area (Å²) in [6.07, 6.45) is 18.2. The number of quaternary nitrogens is 1. The molecule has 0 N–H and O–H groups in total. The van der Waals surface area contributed by atoms with Crippen molar-refractivity contribution in [1.29, 1.82) is 0 Å². The van der Waals surface area contributed by atoms with Crippen molar-refractivity contribution in [3.05, 3.63) is 48.2 Å². The molecule has 0 saturated heterocycles. The number of nitrogens with zero attached hydrogens (tertiary/aromatic N) is 1. The molecule has 0 fully saturated rings. The molecule has 0 bridgehead atoms. The third-order valence-corrected chi connectivity index (χ3v) is 4.53. The van der Waals surface area contributed by atoms with Crippen molar-refractivity contribution < 1.29 is 21.5 Å². The Morgan fingerprint density at radius 1 is 0.833 bits per heavy atom. The molecule has 0 amide bonds. The maximum absolute atomic E-state index is 2.40. The van der Waals surface area contributed by atoms with Crippen molar-refractivity contribution in [2.45, 2.75) is 71.1 Å². The fraction of sp³-hybridized carbons (Fsp3) is 0.636. The highest BCUT2D eigenvalue weighted by Gasteiger charge is 2.09. The number of benzene rings is 1. The summed E-state index contributed by atoms with van der Waals surface area (Å²) in [6, 6.07) is 10.8. The molecule has 138 valence electrons. The molecule has 2 heteroatoms. The van der Waals surface area contributed by atoms with Crippen molar-refractivity contribution in [1.82, 2.24) is 0 Å². The molecule has 1 aromatic rings. The molecule has 0 aromatic heterocycles. The second kappa shape index (κ2) is 14.7. The summed E-state index contributed by atoms with van der Waals surface area (Å²) in [4.78, 5) is 0. The third kappa shape index (κ3) is 12.8. The molecule has 0 aliphatic heterocycles. The first kappa shape index (κ1) is 23.4. The fourth-order valence-electron chi connectivity index (χ4n) is 2.97. The standard InChI is InChI=1S/C22H38N.BrH/c1-4-5-6-7-8-9-10-15-20-23(2,3)21-16-14-19-22-17-12-11-13-18-22;/h11-13,15,17-18,20H,4-10,14,16,19,21H2,1-3H3;1H/q+1;/p-1. The van der Waals surface area contributed by atoms with Gasteiger partial charge in [0.2, 0.25) is 0 Å². The van der Waals surface area contributed by atoms with Crippen LogP contribution in [0.25, 0.3) is 0 Å². The molecule has 0 heterocycles. The van der Waals surface area contributed by atoms with E-state index in [2.05, 4.69) is 63.6 Å². The smallest absolute Gasteiger partial charge is 0.0913 e. The number of rotatable bonds is 13. The molecule has 0 unspecified atom stereocenters. The number of hydrogen-bond acceptors (Lipinski definition) is 0. The van der Waals surface area contributed by atoms with E-state index in [1.54, 1.807) is 0 Å². The molecule has 0 saturated carbocycles. The highest BCUT2D eigenvalue weighted by Crippen LogP contribution is 2.10. The maximum atomic E-state index is 2.40. The van der Waals surface area contributed by atoms with Crippen LogP contribution in [0.5, 0.6) is 0 Å². The van der Waals surface area contributed by atoms with Gasteiger partial charge >= 0.3 is 0 Å². The first-order chi connectivity index (χ1) is 11.1. The third-order valence-electron chi connectivity index (χ3n) is 4.53. The number of hydrogen-bond donors (Lipinski definition) is 0. The van der Waals surface area contributed by atoms with E-state index in [1.165, 1.54) is 76.3 Å². The Hall–Kier alpha value is -0.600. The molecule has 0 atom stereocenters. The number of unbranched alkanes of at least 4 members (excludes halogenated alkanes) is 7. The Kier molecular flexibility index (Phi) is 14.4. The number of halogens is 1. The van der Waals surface area contributed by atoms with Gasteiger partial charge in [-0.3, -0.25) is 0 Å². The summed E-state index contributed by atoms with van der Waals surface area (Å²) in [5, 5.41) is 0. The van der Waals surface area contributed by atoms with Gasteiger partial charge in [0, 0.05) is 0 Å². The summed E-state index contributed by atoms with van der Waals surface area (Å²) in [6.45, 7) is 3.52. The Labute approximate surface area is 161 Å². The molecule has 0 spiro atoms. The molecule has 1 rings (SSSR count). The molecular formula is C22H38BrN. The summed E-state index contributed by atoms with van der Waals surface area (Å²) >= 11 is 0. The van der Waals surface area contributed by atoms with Crippen LogP contribution in [0.4, 0.5) is 0 Å². The lowest BCUT2D eigenvalue weighted by Gasteiger charge is -2.25. The Bertz CT molecular complexity index is 411. The Balaban J connectivity index is 0.00000529. The predicted molar refractivity (Wildman–Crippen MR) is 103 cm³/mol. The minimum atomic E-state index is 0. The van der Waals surface area contributed by atoms with Crippen LogP contribution in [0, 0.1) is 0 Å². The average Bonchev–Trinajstić information content (AvgIpc) is 2.55. The van der Waals surface area contributed by atoms with Crippen LogP contribution in [0.3, 0.4) is 0 Å². The predicted octanol–water partition coefficient (Wildman–Crippen LogP) is 3.35. The molecule has 1 aromatic carbocycles. The van der Waals surface area contributed by atoms with Crippen molar-refractivity contribution >= 4 is 0 Å². The van der Waals surface area contributed by atoms with Gasteiger partial charge in [-0.2, -0.15) is 0 Å². The van der Waals surface area contributed by atoms with Gasteiger partial charge in [0.15, 0.2) is 0 Å². The van der Waals surface area contributed by atoms with E-state index in [-0.39, 0.29) is 17.0 Å². The quantitative estimate of drug-likeness (QED) is 0.354. The second-order valence-corrected chi connectivity index (χ2v) is 7.39. The van der Waals surface area contributed by atoms with E-state index in [4.69, 9.17) is 0 Å². The van der Waals surface area contributed by atoms with Crippen molar-refractivity contribution in [3.8, 4) is 0 Å². The minimum absolute atomic E-state index is 0. The molecular weight excluding hydrogens is 358 g/mol. The molecule has 1 nitrogen and oxygen atoms in total. The first-order valence-corrected chi connectivity index (χ1v) is 9.68. The van der Waals surface area contributed by atoms with Crippen LogP contribution in [-0.2, 0) is 6.42 Å². The van der Waals surface area contributed by atoms with Gasteiger partial charge < -0.3 is 21.5 Å².